The van der Waals surface area contributed by atoms with Gasteiger partial charge in [-0.1, -0.05) is 17.7 Å². The lowest BCUT2D eigenvalue weighted by atomic mass is 10.2. The largest absolute Gasteiger partial charge is 0.378 e. The van der Waals surface area contributed by atoms with Crippen LogP contribution in [0.15, 0.2) is 36.4 Å². The quantitative estimate of drug-likeness (QED) is 0.907. The van der Waals surface area contributed by atoms with Gasteiger partial charge >= 0.3 is 0 Å². The van der Waals surface area contributed by atoms with Gasteiger partial charge in [-0.15, -0.1) is 10.2 Å². The maximum Gasteiger partial charge on any atom is 0.153 e. The minimum absolute atomic E-state index is 0.387. The van der Waals surface area contributed by atoms with Crippen molar-refractivity contribution < 1.29 is 0 Å². The maximum absolute atomic E-state index is 5.67. The Morgan fingerprint density at radius 1 is 1.12 bits per heavy atom. The van der Waals surface area contributed by atoms with Gasteiger partial charge in [-0.25, -0.2) is 0 Å². The number of hydrogen-bond donors (Lipinski definition) is 1. The molecule has 5 heteroatoms. The van der Waals surface area contributed by atoms with Crippen LogP contribution >= 0.6 is 11.6 Å². The molecule has 1 aromatic heterocycles. The predicted octanol–water partition coefficient (Wildman–Crippen LogP) is 2.94. The van der Waals surface area contributed by atoms with Crippen LogP contribution in [0.4, 0.5) is 17.2 Å². The first-order valence-corrected chi connectivity index (χ1v) is 5.56. The molecular formula is C12H13ClN4. The van der Waals surface area contributed by atoms with E-state index in [0.29, 0.717) is 11.0 Å². The molecule has 0 aliphatic carbocycles. The molecule has 1 N–H and O–H groups in total. The molecule has 0 spiro atoms. The molecule has 0 aliphatic rings. The van der Waals surface area contributed by atoms with Gasteiger partial charge in [0, 0.05) is 25.5 Å². The zero-order valence-corrected chi connectivity index (χ0v) is 10.4. The molecular weight excluding hydrogens is 236 g/mol. The fourth-order valence-corrected chi connectivity index (χ4v) is 1.49. The molecule has 17 heavy (non-hydrogen) atoms. The molecule has 2 aromatic rings. The standard InChI is InChI=1S/C12H13ClN4/c1-17(2)10-5-3-4-9(8-10)14-12-7-6-11(13)15-16-12/h3-8H,1-2H3,(H,14,16). The van der Waals surface area contributed by atoms with Crippen LogP contribution in [0.5, 0.6) is 0 Å². The highest BCUT2D eigenvalue weighted by molar-refractivity contribution is 6.29. The van der Waals surface area contributed by atoms with E-state index in [1.165, 1.54) is 0 Å². The van der Waals surface area contributed by atoms with E-state index in [-0.39, 0.29) is 0 Å². The zero-order valence-electron chi connectivity index (χ0n) is 9.68. The number of aromatic nitrogens is 2. The summed E-state index contributed by atoms with van der Waals surface area (Å²) in [5.41, 5.74) is 2.09. The van der Waals surface area contributed by atoms with Gasteiger partial charge in [0.05, 0.1) is 0 Å². The molecule has 0 unspecified atom stereocenters. The Kier molecular flexibility index (Phi) is 3.44. The smallest absolute Gasteiger partial charge is 0.153 e. The van der Waals surface area contributed by atoms with Gasteiger partial charge in [0.2, 0.25) is 0 Å². The first-order valence-electron chi connectivity index (χ1n) is 5.19. The van der Waals surface area contributed by atoms with Crippen LogP contribution in [-0.2, 0) is 0 Å². The molecule has 0 atom stereocenters. The molecule has 0 aliphatic heterocycles. The number of halogens is 1. The van der Waals surface area contributed by atoms with Gasteiger partial charge in [0.25, 0.3) is 0 Å². The molecule has 1 heterocycles. The molecule has 0 bridgehead atoms. The Morgan fingerprint density at radius 3 is 2.59 bits per heavy atom. The predicted molar refractivity (Wildman–Crippen MR) is 71.1 cm³/mol. The number of nitrogens with zero attached hydrogens (tertiary/aromatic N) is 3. The van der Waals surface area contributed by atoms with E-state index in [4.69, 9.17) is 11.6 Å². The van der Waals surface area contributed by atoms with Crippen molar-refractivity contribution >= 4 is 28.8 Å². The van der Waals surface area contributed by atoms with E-state index in [1.54, 1.807) is 12.1 Å². The van der Waals surface area contributed by atoms with E-state index >= 15 is 0 Å². The van der Waals surface area contributed by atoms with E-state index in [1.807, 2.05) is 43.3 Å². The summed E-state index contributed by atoms with van der Waals surface area (Å²) >= 11 is 5.67. The van der Waals surface area contributed by atoms with Crippen LogP contribution in [0.1, 0.15) is 0 Å². The summed E-state index contributed by atoms with van der Waals surface area (Å²) in [7, 11) is 4.00. The highest BCUT2D eigenvalue weighted by Gasteiger charge is 1.99. The summed E-state index contributed by atoms with van der Waals surface area (Å²) in [6.45, 7) is 0. The lowest BCUT2D eigenvalue weighted by molar-refractivity contribution is 1.04. The number of rotatable bonds is 3. The highest BCUT2D eigenvalue weighted by atomic mass is 35.5. The minimum atomic E-state index is 0.387. The molecule has 0 saturated heterocycles. The van der Waals surface area contributed by atoms with Crippen LogP contribution in [0.3, 0.4) is 0 Å². The number of anilines is 3. The zero-order chi connectivity index (χ0) is 12.3. The third-order valence-electron chi connectivity index (χ3n) is 2.27. The molecule has 2 rings (SSSR count). The summed E-state index contributed by atoms with van der Waals surface area (Å²) in [5.74, 6) is 0.672. The topological polar surface area (TPSA) is 41.0 Å². The first-order chi connectivity index (χ1) is 8.15. The minimum Gasteiger partial charge on any atom is -0.378 e. The maximum atomic E-state index is 5.67. The van der Waals surface area contributed by atoms with Gasteiger partial charge in [-0.3, -0.25) is 0 Å². The molecule has 4 nitrogen and oxygen atoms in total. The average Bonchev–Trinajstić information content (AvgIpc) is 2.32. The normalized spacial score (nSPS) is 10.1. The van der Waals surface area contributed by atoms with Gasteiger partial charge in [0.15, 0.2) is 11.0 Å². The van der Waals surface area contributed by atoms with Crippen LogP contribution in [0, 0.1) is 0 Å². The second-order valence-electron chi connectivity index (χ2n) is 3.81. The van der Waals surface area contributed by atoms with E-state index in [0.717, 1.165) is 11.4 Å². The lowest BCUT2D eigenvalue weighted by Crippen LogP contribution is -2.08. The van der Waals surface area contributed by atoms with Crippen molar-refractivity contribution in [2.75, 3.05) is 24.3 Å². The van der Waals surface area contributed by atoms with Crippen LogP contribution in [0.25, 0.3) is 0 Å². The van der Waals surface area contributed by atoms with E-state index < -0.39 is 0 Å². The highest BCUT2D eigenvalue weighted by Crippen LogP contribution is 2.20. The fourth-order valence-electron chi connectivity index (χ4n) is 1.39. The van der Waals surface area contributed by atoms with Crippen molar-refractivity contribution in [3.8, 4) is 0 Å². The second-order valence-corrected chi connectivity index (χ2v) is 4.20. The third-order valence-corrected chi connectivity index (χ3v) is 2.47. The van der Waals surface area contributed by atoms with Crippen LogP contribution < -0.4 is 10.2 Å². The number of nitrogens with one attached hydrogen (secondary N) is 1. The average molecular weight is 249 g/mol. The Balaban J connectivity index is 2.18. The monoisotopic (exact) mass is 248 g/mol. The summed E-state index contributed by atoms with van der Waals surface area (Å²) in [5, 5.41) is 11.3. The van der Waals surface area contributed by atoms with E-state index in [2.05, 4.69) is 15.5 Å². The van der Waals surface area contributed by atoms with Gasteiger partial charge < -0.3 is 10.2 Å². The Labute approximate surface area is 105 Å². The first kappa shape index (κ1) is 11.7. The summed E-state index contributed by atoms with van der Waals surface area (Å²) in [4.78, 5) is 2.04. The fraction of sp³-hybridized carbons (Fsp3) is 0.167. The van der Waals surface area contributed by atoms with Crippen molar-refractivity contribution in [1.82, 2.24) is 10.2 Å². The van der Waals surface area contributed by atoms with Gasteiger partial charge in [-0.2, -0.15) is 0 Å². The van der Waals surface area contributed by atoms with E-state index in [9.17, 15) is 0 Å². The van der Waals surface area contributed by atoms with Gasteiger partial charge in [-0.05, 0) is 30.3 Å². The third kappa shape index (κ3) is 3.07. The van der Waals surface area contributed by atoms with Crippen molar-refractivity contribution in [2.24, 2.45) is 0 Å². The lowest BCUT2D eigenvalue weighted by Gasteiger charge is -2.14. The molecule has 1 aromatic carbocycles. The molecule has 0 radical (unpaired) electrons. The molecule has 0 amide bonds. The number of benzene rings is 1. The Hall–Kier alpha value is -1.81. The summed E-state index contributed by atoms with van der Waals surface area (Å²) in [6, 6.07) is 11.5. The van der Waals surface area contributed by atoms with Crippen LogP contribution in [0.2, 0.25) is 5.15 Å². The second kappa shape index (κ2) is 5.01. The summed E-state index contributed by atoms with van der Waals surface area (Å²) in [6.07, 6.45) is 0. The van der Waals surface area contributed by atoms with Crippen molar-refractivity contribution in [3.63, 3.8) is 0 Å². The number of hydrogen-bond acceptors (Lipinski definition) is 4. The van der Waals surface area contributed by atoms with Crippen molar-refractivity contribution in [3.05, 3.63) is 41.6 Å². The molecule has 0 saturated carbocycles. The Bertz CT molecular complexity index is 496. The van der Waals surface area contributed by atoms with Crippen LogP contribution in [-0.4, -0.2) is 24.3 Å². The Morgan fingerprint density at radius 2 is 1.94 bits per heavy atom. The SMILES string of the molecule is CN(C)c1cccc(Nc2ccc(Cl)nn2)c1. The van der Waals surface area contributed by atoms with Crippen molar-refractivity contribution in [2.45, 2.75) is 0 Å². The molecule has 0 fully saturated rings. The van der Waals surface area contributed by atoms with Crippen molar-refractivity contribution in [1.29, 1.82) is 0 Å². The van der Waals surface area contributed by atoms with Gasteiger partial charge in [0.1, 0.15) is 0 Å². The molecule has 88 valence electrons. The summed E-state index contributed by atoms with van der Waals surface area (Å²) < 4.78 is 0.